The van der Waals surface area contributed by atoms with Gasteiger partial charge in [0.1, 0.15) is 5.75 Å². The Balaban J connectivity index is 1.23. The molecule has 3 aliphatic heterocycles. The number of ether oxygens (including phenoxy) is 6. The van der Waals surface area contributed by atoms with Gasteiger partial charge in [-0.3, -0.25) is 9.36 Å². The molecule has 0 amide bonds. The molecule has 15 nitrogen and oxygen atoms in total. The van der Waals surface area contributed by atoms with Crippen molar-refractivity contribution in [3.8, 4) is 23.3 Å². The number of hydrogen-bond donors (Lipinski definition) is 0. The van der Waals surface area contributed by atoms with Crippen LogP contribution in [0.25, 0.3) is 6.08 Å². The van der Waals surface area contributed by atoms with Gasteiger partial charge in [-0.1, -0.05) is 29.5 Å². The minimum Gasteiger partial charge on any atom is -0.497 e. The minimum absolute atomic E-state index is 0.128. The van der Waals surface area contributed by atoms with E-state index in [0.717, 1.165) is 5.56 Å². The van der Waals surface area contributed by atoms with E-state index in [2.05, 4.69) is 24.8 Å². The Morgan fingerprint density at radius 3 is 2.15 bits per heavy atom. The number of aromatic nitrogens is 4. The first-order valence-corrected chi connectivity index (χ1v) is 17.8. The smallest absolute Gasteiger partial charge is 0.338 e. The van der Waals surface area contributed by atoms with Gasteiger partial charge in [-0.25, -0.2) is 9.79 Å². The molecule has 2 aromatic heterocycles. The fraction of sp³-hybridized carbons (Fsp3) is 0.389. The number of thiazole rings is 1. The Labute approximate surface area is 303 Å². The van der Waals surface area contributed by atoms with Gasteiger partial charge in [-0.2, -0.15) is 15.0 Å². The van der Waals surface area contributed by atoms with Crippen molar-refractivity contribution in [1.29, 1.82) is 0 Å². The summed E-state index contributed by atoms with van der Waals surface area (Å²) in [4.78, 5) is 50.6. The maximum atomic E-state index is 14.1. The second-order valence-electron chi connectivity index (χ2n) is 12.0. The Hall–Kier alpha value is -5.32. The summed E-state index contributed by atoms with van der Waals surface area (Å²) >= 11 is 1.24. The first-order chi connectivity index (χ1) is 25.4. The van der Waals surface area contributed by atoms with E-state index < -0.39 is 12.0 Å². The lowest BCUT2D eigenvalue weighted by Gasteiger charge is -2.30. The van der Waals surface area contributed by atoms with Crippen LogP contribution in [0.3, 0.4) is 0 Å². The lowest BCUT2D eigenvalue weighted by molar-refractivity contribution is -0.139. The first kappa shape index (κ1) is 35.1. The van der Waals surface area contributed by atoms with E-state index in [1.165, 1.54) is 11.3 Å². The van der Waals surface area contributed by atoms with Crippen molar-refractivity contribution in [3.63, 3.8) is 0 Å². The third-order valence-corrected chi connectivity index (χ3v) is 9.80. The van der Waals surface area contributed by atoms with Crippen LogP contribution < -0.4 is 38.9 Å². The highest BCUT2D eigenvalue weighted by Crippen LogP contribution is 2.34. The van der Waals surface area contributed by atoms with Crippen molar-refractivity contribution in [2.75, 3.05) is 83.2 Å². The Morgan fingerprint density at radius 1 is 0.904 bits per heavy atom. The maximum Gasteiger partial charge on any atom is 0.338 e. The lowest BCUT2D eigenvalue weighted by atomic mass is 9.96. The summed E-state index contributed by atoms with van der Waals surface area (Å²) in [7, 11) is 3.12. The number of nitrogens with zero attached hydrogens (tertiary/aromatic N) is 7. The molecule has 2 aromatic carbocycles. The van der Waals surface area contributed by atoms with Gasteiger partial charge < -0.3 is 38.2 Å². The fourth-order valence-corrected chi connectivity index (χ4v) is 7.24. The van der Waals surface area contributed by atoms with E-state index in [-0.39, 0.29) is 18.2 Å². The lowest BCUT2D eigenvalue weighted by Crippen LogP contribution is -2.40. The third kappa shape index (κ3) is 7.22. The number of hydrogen-bond acceptors (Lipinski definition) is 15. The molecule has 52 heavy (non-hydrogen) atoms. The molecule has 5 heterocycles. The average Bonchev–Trinajstić information content (AvgIpc) is 3.48. The van der Waals surface area contributed by atoms with Crippen LogP contribution in [0.2, 0.25) is 0 Å². The van der Waals surface area contributed by atoms with Crippen LogP contribution in [0.1, 0.15) is 31.0 Å². The normalized spacial score (nSPS) is 17.8. The Kier molecular flexibility index (Phi) is 10.5. The van der Waals surface area contributed by atoms with Crippen molar-refractivity contribution < 1.29 is 33.2 Å². The van der Waals surface area contributed by atoms with Crippen LogP contribution in [0.4, 0.5) is 11.9 Å². The molecule has 2 saturated heterocycles. The van der Waals surface area contributed by atoms with E-state index in [1.807, 2.05) is 18.2 Å². The van der Waals surface area contributed by atoms with Crippen LogP contribution in [-0.4, -0.2) is 98.9 Å². The predicted molar refractivity (Wildman–Crippen MR) is 192 cm³/mol. The fourth-order valence-electron chi connectivity index (χ4n) is 6.19. The number of benzene rings is 2. The standard InChI is InChI=1S/C36H39N7O8S/c1-5-50-32(45)29-22(2)37-36-43(30(29)24-7-9-25(46-3)10-8-24)31(44)28(52-36)21-23-6-11-26(27(20-23)47-4)51-35-39-33(41-12-16-48-17-13-41)38-34(40-35)42-14-18-49-19-15-42/h6-11,20-21,30H,5,12-19H2,1-4H3/t30-/m0/s1. The zero-order chi connectivity index (χ0) is 36.2. The minimum atomic E-state index is -0.737. The zero-order valence-corrected chi connectivity index (χ0v) is 30.2. The van der Waals surface area contributed by atoms with Crippen LogP contribution in [0.5, 0.6) is 23.3 Å². The number of methoxy groups -OCH3 is 2. The Morgan fingerprint density at radius 2 is 1.56 bits per heavy atom. The van der Waals surface area contributed by atoms with Gasteiger partial charge in [0.2, 0.25) is 11.9 Å². The van der Waals surface area contributed by atoms with Crippen molar-refractivity contribution in [2.24, 2.45) is 4.99 Å². The molecule has 4 aromatic rings. The highest BCUT2D eigenvalue weighted by Gasteiger charge is 2.33. The van der Waals surface area contributed by atoms with Gasteiger partial charge in [-0.15, -0.1) is 0 Å². The summed E-state index contributed by atoms with van der Waals surface area (Å²) in [5, 5.41) is 0. The average molecular weight is 730 g/mol. The second-order valence-corrected chi connectivity index (χ2v) is 13.0. The van der Waals surface area contributed by atoms with E-state index in [9.17, 15) is 9.59 Å². The summed E-state index contributed by atoms with van der Waals surface area (Å²) in [5.41, 5.74) is 1.91. The molecule has 16 heteroatoms. The Bertz CT molecular complexity index is 2120. The summed E-state index contributed by atoms with van der Waals surface area (Å²) in [6.45, 7) is 8.61. The van der Waals surface area contributed by atoms with Crippen molar-refractivity contribution in [2.45, 2.75) is 19.9 Å². The summed E-state index contributed by atoms with van der Waals surface area (Å²) in [6.07, 6.45) is 1.76. The number of carbonyl (C=O) groups excluding carboxylic acids is 1. The molecular formula is C36H39N7O8S. The number of rotatable bonds is 10. The van der Waals surface area contributed by atoms with Crippen LogP contribution >= 0.6 is 11.3 Å². The van der Waals surface area contributed by atoms with Crippen molar-refractivity contribution in [3.05, 3.63) is 84.5 Å². The van der Waals surface area contributed by atoms with Crippen molar-refractivity contribution >= 4 is 35.3 Å². The topological polar surface area (TPSA) is 152 Å². The number of anilines is 2. The summed E-state index contributed by atoms with van der Waals surface area (Å²) in [6, 6.07) is 12.0. The van der Waals surface area contributed by atoms with Crippen LogP contribution in [0.15, 0.2) is 63.5 Å². The largest absolute Gasteiger partial charge is 0.497 e. The molecule has 7 rings (SSSR count). The van der Waals surface area contributed by atoms with E-state index >= 15 is 0 Å². The van der Waals surface area contributed by atoms with Crippen molar-refractivity contribution in [1.82, 2.24) is 19.5 Å². The maximum absolute atomic E-state index is 14.1. The molecule has 3 aliphatic rings. The van der Waals surface area contributed by atoms with Gasteiger partial charge in [0.15, 0.2) is 16.3 Å². The number of allylic oxidation sites excluding steroid dienone is 1. The molecule has 1 atom stereocenters. The monoisotopic (exact) mass is 729 g/mol. The summed E-state index contributed by atoms with van der Waals surface area (Å²) < 4.78 is 35.8. The van der Waals surface area contributed by atoms with Gasteiger partial charge in [-0.05, 0) is 55.3 Å². The molecule has 0 N–H and O–H groups in total. The quantitative estimate of drug-likeness (QED) is 0.220. The number of morpholine rings is 2. The third-order valence-electron chi connectivity index (χ3n) is 8.81. The van der Waals surface area contributed by atoms with E-state index in [1.54, 1.807) is 63.0 Å². The van der Waals surface area contributed by atoms with E-state index in [4.69, 9.17) is 33.4 Å². The van der Waals surface area contributed by atoms with E-state index in [0.29, 0.717) is 108 Å². The number of fused-ring (bicyclic) bond motifs is 1. The molecular weight excluding hydrogens is 691 g/mol. The molecule has 0 bridgehead atoms. The molecule has 0 radical (unpaired) electrons. The molecule has 2 fully saturated rings. The summed E-state index contributed by atoms with van der Waals surface area (Å²) in [5.74, 6) is 1.96. The second kappa shape index (κ2) is 15.5. The van der Waals surface area contributed by atoms with Crippen LogP contribution in [-0.2, 0) is 19.0 Å². The van der Waals surface area contributed by atoms with Crippen LogP contribution in [0, 0.1) is 0 Å². The zero-order valence-electron chi connectivity index (χ0n) is 29.4. The molecule has 0 unspecified atom stereocenters. The number of esters is 1. The molecule has 272 valence electrons. The molecule has 0 saturated carbocycles. The van der Waals surface area contributed by atoms with Gasteiger partial charge in [0.05, 0.1) is 69.1 Å². The highest BCUT2D eigenvalue weighted by molar-refractivity contribution is 7.07. The molecule has 0 spiro atoms. The van der Waals surface area contributed by atoms with Gasteiger partial charge in [0, 0.05) is 26.2 Å². The molecule has 0 aliphatic carbocycles. The first-order valence-electron chi connectivity index (χ1n) is 17.0. The SMILES string of the molecule is CCOC(=O)C1=C(C)N=c2sc(=Cc3ccc(Oc4nc(N5CCOCC5)nc(N5CCOCC5)n4)c(OC)c3)c(=O)n2[C@H]1c1ccc(OC)cc1. The predicted octanol–water partition coefficient (Wildman–Crippen LogP) is 2.47. The highest BCUT2D eigenvalue weighted by atomic mass is 32.1. The number of carbonyl (C=O) groups is 1. The van der Waals surface area contributed by atoms with Gasteiger partial charge >= 0.3 is 12.0 Å². The van der Waals surface area contributed by atoms with Gasteiger partial charge in [0.25, 0.3) is 5.56 Å².